The Morgan fingerprint density at radius 3 is 2.82 bits per heavy atom. The Balaban J connectivity index is 1.75. The maximum absolute atomic E-state index is 12.6. The number of H-pyrrole nitrogens is 1. The molecule has 1 aromatic heterocycles. The molecule has 1 heterocycles. The standard InChI is InChI=1S/C19H21N5O4/c1-12(18-22-14-5-3-4-6-15(14)23-18)21-19(25)13-7-8-16(20-9-10-28-2)17(11-13)24(26)27/h3-8,11-12,20H,9-10H2,1-2H3,(H,21,25)(H,22,23). The minimum Gasteiger partial charge on any atom is -0.383 e. The van der Waals surface area contributed by atoms with Gasteiger partial charge in [0.25, 0.3) is 11.6 Å². The van der Waals surface area contributed by atoms with Crippen LogP contribution < -0.4 is 10.6 Å². The molecule has 0 bridgehead atoms. The molecule has 28 heavy (non-hydrogen) atoms. The highest BCUT2D eigenvalue weighted by Gasteiger charge is 2.20. The number of benzene rings is 2. The molecule has 3 N–H and O–H groups in total. The van der Waals surface area contributed by atoms with Crippen LogP contribution >= 0.6 is 0 Å². The molecule has 9 heteroatoms. The van der Waals surface area contributed by atoms with Gasteiger partial charge in [0.1, 0.15) is 11.5 Å². The second kappa shape index (κ2) is 8.49. The maximum atomic E-state index is 12.6. The lowest BCUT2D eigenvalue weighted by molar-refractivity contribution is -0.384. The number of methoxy groups -OCH3 is 1. The molecular weight excluding hydrogens is 362 g/mol. The number of carbonyl (C=O) groups excluding carboxylic acids is 1. The van der Waals surface area contributed by atoms with E-state index in [9.17, 15) is 14.9 Å². The molecule has 0 aliphatic rings. The Morgan fingerprint density at radius 1 is 1.32 bits per heavy atom. The Hall–Kier alpha value is -3.46. The van der Waals surface area contributed by atoms with Crippen molar-refractivity contribution in [2.24, 2.45) is 0 Å². The smallest absolute Gasteiger partial charge is 0.293 e. The number of nitro groups is 1. The number of hydrogen-bond acceptors (Lipinski definition) is 6. The molecule has 0 aliphatic carbocycles. The predicted molar refractivity (Wildman–Crippen MR) is 105 cm³/mol. The first-order valence-corrected chi connectivity index (χ1v) is 8.76. The maximum Gasteiger partial charge on any atom is 0.293 e. The summed E-state index contributed by atoms with van der Waals surface area (Å²) in [6.45, 7) is 2.63. The summed E-state index contributed by atoms with van der Waals surface area (Å²) >= 11 is 0. The summed E-state index contributed by atoms with van der Waals surface area (Å²) in [4.78, 5) is 31.0. The van der Waals surface area contributed by atoms with Gasteiger partial charge in [-0.3, -0.25) is 14.9 Å². The van der Waals surface area contributed by atoms with Crippen molar-refractivity contribution < 1.29 is 14.5 Å². The van der Waals surface area contributed by atoms with E-state index < -0.39 is 16.9 Å². The molecule has 0 fully saturated rings. The van der Waals surface area contributed by atoms with E-state index in [1.807, 2.05) is 24.3 Å². The Kier molecular flexibility index (Phi) is 5.85. The van der Waals surface area contributed by atoms with Crippen molar-refractivity contribution in [2.75, 3.05) is 25.6 Å². The van der Waals surface area contributed by atoms with E-state index in [-0.39, 0.29) is 11.3 Å². The van der Waals surface area contributed by atoms with Gasteiger partial charge in [0.05, 0.1) is 28.6 Å². The number of aromatic nitrogens is 2. The third kappa shape index (κ3) is 4.26. The number of fused-ring (bicyclic) bond motifs is 1. The van der Waals surface area contributed by atoms with Gasteiger partial charge in [-0.05, 0) is 31.2 Å². The zero-order chi connectivity index (χ0) is 20.1. The highest BCUT2D eigenvalue weighted by Crippen LogP contribution is 2.26. The highest BCUT2D eigenvalue weighted by atomic mass is 16.6. The number of para-hydroxylation sites is 2. The molecule has 2 aromatic carbocycles. The number of ether oxygens (including phenoxy) is 1. The van der Waals surface area contributed by atoms with Gasteiger partial charge < -0.3 is 20.4 Å². The van der Waals surface area contributed by atoms with Crippen LogP contribution in [0, 0.1) is 10.1 Å². The summed E-state index contributed by atoms with van der Waals surface area (Å²) in [7, 11) is 1.55. The monoisotopic (exact) mass is 383 g/mol. The molecule has 0 radical (unpaired) electrons. The van der Waals surface area contributed by atoms with Crippen molar-refractivity contribution in [2.45, 2.75) is 13.0 Å². The molecule has 146 valence electrons. The van der Waals surface area contributed by atoms with Crippen LogP contribution in [0.25, 0.3) is 11.0 Å². The van der Waals surface area contributed by atoms with Crippen molar-refractivity contribution >= 4 is 28.3 Å². The van der Waals surface area contributed by atoms with Crippen molar-refractivity contribution in [3.05, 3.63) is 64.0 Å². The molecular formula is C19H21N5O4. The van der Waals surface area contributed by atoms with Crippen LogP contribution in [0.2, 0.25) is 0 Å². The number of nitrogens with zero attached hydrogens (tertiary/aromatic N) is 2. The van der Waals surface area contributed by atoms with Gasteiger partial charge in [0.15, 0.2) is 0 Å². The molecule has 0 saturated carbocycles. The van der Waals surface area contributed by atoms with Crippen LogP contribution in [0.5, 0.6) is 0 Å². The molecule has 9 nitrogen and oxygen atoms in total. The van der Waals surface area contributed by atoms with Gasteiger partial charge in [0.2, 0.25) is 0 Å². The van der Waals surface area contributed by atoms with Gasteiger partial charge in [0, 0.05) is 25.3 Å². The number of hydrogen-bond donors (Lipinski definition) is 3. The first kappa shape index (κ1) is 19.3. The summed E-state index contributed by atoms with van der Waals surface area (Å²) in [5, 5.41) is 17.1. The second-order valence-corrected chi connectivity index (χ2v) is 6.24. The van der Waals surface area contributed by atoms with E-state index in [1.165, 1.54) is 12.1 Å². The third-order valence-electron chi connectivity index (χ3n) is 4.24. The van der Waals surface area contributed by atoms with Crippen LogP contribution in [-0.4, -0.2) is 41.1 Å². The number of anilines is 1. The Morgan fingerprint density at radius 2 is 2.11 bits per heavy atom. The van der Waals surface area contributed by atoms with E-state index >= 15 is 0 Å². The van der Waals surface area contributed by atoms with Crippen LogP contribution in [0.3, 0.4) is 0 Å². The van der Waals surface area contributed by atoms with Crippen LogP contribution in [0.1, 0.15) is 29.1 Å². The minimum atomic E-state index is -0.519. The lowest BCUT2D eigenvalue weighted by atomic mass is 10.1. The average Bonchev–Trinajstić information content (AvgIpc) is 3.12. The van der Waals surface area contributed by atoms with E-state index in [1.54, 1.807) is 20.1 Å². The number of nitro benzene ring substituents is 1. The van der Waals surface area contributed by atoms with Crippen molar-refractivity contribution in [3.63, 3.8) is 0 Å². The van der Waals surface area contributed by atoms with Gasteiger partial charge >= 0.3 is 0 Å². The van der Waals surface area contributed by atoms with Crippen LogP contribution in [0.4, 0.5) is 11.4 Å². The number of amides is 1. The third-order valence-corrected chi connectivity index (χ3v) is 4.24. The van der Waals surface area contributed by atoms with Crippen molar-refractivity contribution in [1.29, 1.82) is 0 Å². The Labute approximate surface area is 161 Å². The van der Waals surface area contributed by atoms with E-state index in [4.69, 9.17) is 4.74 Å². The second-order valence-electron chi connectivity index (χ2n) is 6.24. The zero-order valence-corrected chi connectivity index (χ0v) is 15.6. The summed E-state index contributed by atoms with van der Waals surface area (Å²) in [5.41, 5.74) is 2.05. The predicted octanol–water partition coefficient (Wildman–Crippen LogP) is 3.02. The van der Waals surface area contributed by atoms with Crippen molar-refractivity contribution in [1.82, 2.24) is 15.3 Å². The largest absolute Gasteiger partial charge is 0.383 e. The minimum absolute atomic E-state index is 0.167. The molecule has 0 aliphatic heterocycles. The molecule has 0 spiro atoms. The van der Waals surface area contributed by atoms with E-state index in [0.29, 0.717) is 24.7 Å². The van der Waals surface area contributed by atoms with Gasteiger partial charge in [-0.25, -0.2) is 4.98 Å². The van der Waals surface area contributed by atoms with Crippen LogP contribution in [0.15, 0.2) is 42.5 Å². The molecule has 0 saturated heterocycles. The van der Waals surface area contributed by atoms with E-state index in [2.05, 4.69) is 20.6 Å². The fourth-order valence-electron chi connectivity index (χ4n) is 2.79. The zero-order valence-electron chi connectivity index (χ0n) is 15.6. The number of aromatic amines is 1. The molecule has 3 rings (SSSR count). The lowest BCUT2D eigenvalue weighted by Gasteiger charge is -2.12. The topological polar surface area (TPSA) is 122 Å². The quantitative estimate of drug-likeness (QED) is 0.312. The summed E-state index contributed by atoms with van der Waals surface area (Å²) < 4.78 is 4.93. The summed E-state index contributed by atoms with van der Waals surface area (Å²) in [6, 6.07) is 11.5. The lowest BCUT2D eigenvalue weighted by Crippen LogP contribution is -2.27. The normalized spacial score (nSPS) is 11.9. The number of nitrogens with one attached hydrogen (secondary N) is 3. The average molecular weight is 383 g/mol. The number of rotatable bonds is 8. The Bertz CT molecular complexity index is 968. The van der Waals surface area contributed by atoms with Gasteiger partial charge in [-0.2, -0.15) is 0 Å². The first-order valence-electron chi connectivity index (χ1n) is 8.76. The van der Waals surface area contributed by atoms with E-state index in [0.717, 1.165) is 11.0 Å². The number of carbonyl (C=O) groups is 1. The number of imidazole rings is 1. The summed E-state index contributed by atoms with van der Waals surface area (Å²) in [6.07, 6.45) is 0. The fourth-order valence-corrected chi connectivity index (χ4v) is 2.79. The fraction of sp³-hybridized carbons (Fsp3) is 0.263. The molecule has 3 aromatic rings. The first-order chi connectivity index (χ1) is 13.5. The summed E-state index contributed by atoms with van der Waals surface area (Å²) in [5.74, 6) is 0.196. The van der Waals surface area contributed by atoms with Crippen molar-refractivity contribution in [3.8, 4) is 0 Å². The molecule has 1 atom stereocenters. The molecule has 1 amide bonds. The van der Waals surface area contributed by atoms with Crippen LogP contribution in [-0.2, 0) is 4.74 Å². The highest BCUT2D eigenvalue weighted by molar-refractivity contribution is 5.96. The SMILES string of the molecule is COCCNc1ccc(C(=O)NC(C)c2nc3ccccc3[nH]2)cc1[N+](=O)[O-]. The molecule has 1 unspecified atom stereocenters. The van der Waals surface area contributed by atoms with Gasteiger partial charge in [-0.15, -0.1) is 0 Å². The van der Waals surface area contributed by atoms with Gasteiger partial charge in [-0.1, -0.05) is 12.1 Å².